The molecular formula is C23H29F6NO2. The van der Waals surface area contributed by atoms with Gasteiger partial charge in [-0.25, -0.2) is 0 Å². The van der Waals surface area contributed by atoms with E-state index in [1.165, 1.54) is 18.2 Å². The second-order valence-electron chi connectivity index (χ2n) is 7.18. The number of halogens is 6. The van der Waals surface area contributed by atoms with Gasteiger partial charge in [0.05, 0.1) is 17.7 Å². The number of aliphatic hydroxyl groups is 1. The highest BCUT2D eigenvalue weighted by molar-refractivity contribution is 5.39. The average Bonchev–Trinajstić information content (AvgIpc) is 2.75. The summed E-state index contributed by atoms with van der Waals surface area (Å²) < 4.78 is 83.2. The lowest BCUT2D eigenvalue weighted by molar-refractivity contribution is -0.139. The Morgan fingerprint density at radius 3 is 2.00 bits per heavy atom. The number of benzene rings is 2. The molecule has 0 saturated carbocycles. The van der Waals surface area contributed by atoms with Crippen LogP contribution < -0.4 is 10.5 Å². The molecule has 0 saturated heterocycles. The Morgan fingerprint density at radius 2 is 1.47 bits per heavy atom. The summed E-state index contributed by atoms with van der Waals surface area (Å²) >= 11 is 0. The topological polar surface area (TPSA) is 55.5 Å². The predicted octanol–water partition coefficient (Wildman–Crippen LogP) is 6.01. The van der Waals surface area contributed by atoms with Gasteiger partial charge in [-0.2, -0.15) is 26.3 Å². The Balaban J connectivity index is 0.00000249. The van der Waals surface area contributed by atoms with Crippen molar-refractivity contribution in [3.8, 4) is 5.75 Å². The summed E-state index contributed by atoms with van der Waals surface area (Å²) in [4.78, 5) is 0. The molecule has 2 rings (SSSR count). The van der Waals surface area contributed by atoms with E-state index < -0.39 is 23.5 Å². The molecular weight excluding hydrogens is 436 g/mol. The molecule has 1 atom stereocenters. The quantitative estimate of drug-likeness (QED) is 0.352. The second-order valence-corrected chi connectivity index (χ2v) is 7.18. The molecule has 0 aliphatic rings. The Kier molecular flexibility index (Phi) is 11.0. The molecule has 0 aliphatic heterocycles. The van der Waals surface area contributed by atoms with Crippen molar-refractivity contribution < 1.29 is 36.2 Å². The van der Waals surface area contributed by atoms with Crippen LogP contribution in [0, 0.1) is 0 Å². The van der Waals surface area contributed by atoms with Crippen molar-refractivity contribution >= 4 is 0 Å². The SMILES string of the molecule is CCC(N)CCc1ccc(OCCCc2ccc(C(F)(F)F)cc2)c(C(F)(F)F)c1.CO. The fourth-order valence-electron chi connectivity index (χ4n) is 2.96. The molecule has 0 heterocycles. The zero-order chi connectivity index (χ0) is 24.4. The maximum atomic E-state index is 13.4. The van der Waals surface area contributed by atoms with Gasteiger partial charge in [-0.3, -0.25) is 0 Å². The maximum Gasteiger partial charge on any atom is 0.419 e. The van der Waals surface area contributed by atoms with E-state index in [4.69, 9.17) is 15.6 Å². The minimum Gasteiger partial charge on any atom is -0.493 e. The normalized spacial score (nSPS) is 12.7. The van der Waals surface area contributed by atoms with Crippen molar-refractivity contribution in [2.24, 2.45) is 5.73 Å². The number of hydrogen-bond donors (Lipinski definition) is 2. The first-order chi connectivity index (χ1) is 15.0. The molecule has 9 heteroatoms. The Hall–Kier alpha value is -2.26. The van der Waals surface area contributed by atoms with Crippen molar-refractivity contribution in [3.63, 3.8) is 0 Å². The highest BCUT2D eigenvalue weighted by Crippen LogP contribution is 2.37. The Bertz CT molecular complexity index is 804. The average molecular weight is 465 g/mol. The van der Waals surface area contributed by atoms with Gasteiger partial charge in [0.2, 0.25) is 0 Å². The zero-order valence-electron chi connectivity index (χ0n) is 18.1. The van der Waals surface area contributed by atoms with Gasteiger partial charge < -0.3 is 15.6 Å². The summed E-state index contributed by atoms with van der Waals surface area (Å²) in [6.07, 6.45) is -6.38. The fraction of sp³-hybridized carbons (Fsp3) is 0.478. The van der Waals surface area contributed by atoms with Gasteiger partial charge in [-0.05, 0) is 67.5 Å². The van der Waals surface area contributed by atoms with E-state index in [0.29, 0.717) is 36.8 Å². The molecule has 0 bridgehead atoms. The number of ether oxygens (including phenoxy) is 1. The van der Waals surface area contributed by atoms with Crippen LogP contribution in [0.3, 0.4) is 0 Å². The highest BCUT2D eigenvalue weighted by atomic mass is 19.4. The lowest BCUT2D eigenvalue weighted by Gasteiger charge is -2.16. The lowest BCUT2D eigenvalue weighted by atomic mass is 10.0. The van der Waals surface area contributed by atoms with E-state index in [9.17, 15) is 26.3 Å². The fourth-order valence-corrected chi connectivity index (χ4v) is 2.96. The van der Waals surface area contributed by atoms with Gasteiger partial charge >= 0.3 is 12.4 Å². The molecule has 2 aromatic carbocycles. The van der Waals surface area contributed by atoms with Crippen molar-refractivity contribution in [3.05, 3.63) is 64.7 Å². The monoisotopic (exact) mass is 465 g/mol. The molecule has 0 aromatic heterocycles. The summed E-state index contributed by atoms with van der Waals surface area (Å²) in [6.45, 7) is 1.94. The van der Waals surface area contributed by atoms with Crippen LogP contribution in [0.25, 0.3) is 0 Å². The van der Waals surface area contributed by atoms with Crippen LogP contribution in [0.15, 0.2) is 42.5 Å². The molecule has 3 nitrogen and oxygen atoms in total. The smallest absolute Gasteiger partial charge is 0.419 e. The van der Waals surface area contributed by atoms with Crippen LogP contribution in [0.2, 0.25) is 0 Å². The third-order valence-electron chi connectivity index (χ3n) is 4.83. The molecule has 32 heavy (non-hydrogen) atoms. The largest absolute Gasteiger partial charge is 0.493 e. The minimum absolute atomic E-state index is 0.0180. The molecule has 1 unspecified atom stereocenters. The van der Waals surface area contributed by atoms with E-state index in [1.807, 2.05) is 6.92 Å². The summed E-state index contributed by atoms with van der Waals surface area (Å²) in [5.74, 6) is -0.251. The number of aliphatic hydroxyl groups excluding tert-OH is 1. The molecule has 2 aromatic rings. The predicted molar refractivity (Wildman–Crippen MR) is 111 cm³/mol. The number of aryl methyl sites for hydroxylation is 2. The first kappa shape index (κ1) is 27.8. The van der Waals surface area contributed by atoms with Crippen molar-refractivity contribution in [2.45, 2.75) is 57.4 Å². The summed E-state index contributed by atoms with van der Waals surface area (Å²) in [7, 11) is 1.00. The van der Waals surface area contributed by atoms with Crippen molar-refractivity contribution in [1.82, 2.24) is 0 Å². The molecule has 180 valence electrons. The molecule has 0 radical (unpaired) electrons. The van der Waals surface area contributed by atoms with Crippen LogP contribution in [0.1, 0.15) is 48.4 Å². The third-order valence-corrected chi connectivity index (χ3v) is 4.83. The standard InChI is InChI=1S/C22H25F6NO.CH4O/c1-2-18(29)11-7-16-8-12-20(19(14-16)22(26,27)28)30-13-3-4-15-5-9-17(10-6-15)21(23,24)25;1-2/h5-6,8-10,12,14,18H,2-4,7,11,13,29H2,1H3;2H,1H3. The molecule has 0 aliphatic carbocycles. The van der Waals surface area contributed by atoms with Crippen molar-refractivity contribution in [1.29, 1.82) is 0 Å². The number of hydrogen-bond acceptors (Lipinski definition) is 3. The van der Waals surface area contributed by atoms with Gasteiger partial charge in [0, 0.05) is 13.2 Å². The Labute approximate surface area is 184 Å². The van der Waals surface area contributed by atoms with Crippen LogP contribution in [0.4, 0.5) is 26.3 Å². The zero-order valence-corrected chi connectivity index (χ0v) is 18.1. The number of nitrogens with two attached hydrogens (primary N) is 1. The van der Waals surface area contributed by atoms with E-state index in [1.54, 1.807) is 6.07 Å². The molecule has 0 amide bonds. The summed E-state index contributed by atoms with van der Waals surface area (Å²) in [5, 5.41) is 7.00. The maximum absolute atomic E-state index is 13.4. The number of alkyl halides is 6. The van der Waals surface area contributed by atoms with Gasteiger partial charge in [0.15, 0.2) is 0 Å². The summed E-state index contributed by atoms with van der Waals surface area (Å²) in [6, 6.07) is 8.65. The second kappa shape index (κ2) is 12.7. The van der Waals surface area contributed by atoms with Gasteiger partial charge in [0.25, 0.3) is 0 Å². The Morgan fingerprint density at radius 1 is 0.875 bits per heavy atom. The summed E-state index contributed by atoms with van der Waals surface area (Å²) in [5.41, 5.74) is 5.46. The lowest BCUT2D eigenvalue weighted by Crippen LogP contribution is -2.19. The number of rotatable bonds is 9. The third kappa shape index (κ3) is 9.08. The van der Waals surface area contributed by atoms with Crippen LogP contribution in [-0.2, 0) is 25.2 Å². The van der Waals surface area contributed by atoms with Crippen LogP contribution in [-0.4, -0.2) is 24.9 Å². The van der Waals surface area contributed by atoms with Crippen LogP contribution in [0.5, 0.6) is 5.75 Å². The van der Waals surface area contributed by atoms with E-state index in [-0.39, 0.29) is 18.4 Å². The first-order valence-corrected chi connectivity index (χ1v) is 10.2. The van der Waals surface area contributed by atoms with Gasteiger partial charge in [0.1, 0.15) is 5.75 Å². The first-order valence-electron chi connectivity index (χ1n) is 10.2. The highest BCUT2D eigenvalue weighted by Gasteiger charge is 2.34. The van der Waals surface area contributed by atoms with Crippen molar-refractivity contribution in [2.75, 3.05) is 13.7 Å². The van der Waals surface area contributed by atoms with E-state index >= 15 is 0 Å². The van der Waals surface area contributed by atoms with Gasteiger partial charge in [-0.1, -0.05) is 25.1 Å². The van der Waals surface area contributed by atoms with Gasteiger partial charge in [-0.15, -0.1) is 0 Å². The minimum atomic E-state index is -4.55. The van der Waals surface area contributed by atoms with E-state index in [2.05, 4.69) is 0 Å². The van der Waals surface area contributed by atoms with Crippen LogP contribution >= 0.6 is 0 Å². The molecule has 0 fully saturated rings. The van der Waals surface area contributed by atoms with E-state index in [0.717, 1.165) is 31.7 Å². The molecule has 0 spiro atoms. The molecule has 3 N–H and O–H groups in total.